The quantitative estimate of drug-likeness (QED) is 0.586. The maximum atomic E-state index is 12.3. The Labute approximate surface area is 142 Å². The van der Waals surface area contributed by atoms with E-state index in [1.807, 2.05) is 6.92 Å². The summed E-state index contributed by atoms with van der Waals surface area (Å²) in [6.07, 6.45) is 2.00. The number of Topliss-reactive ketones (excluding diaryl/α,β-unsaturated/α-hetero) is 1. The first-order valence-electron chi connectivity index (χ1n) is 8.31. The average molecular weight is 331 g/mol. The predicted molar refractivity (Wildman–Crippen MR) is 92.5 cm³/mol. The van der Waals surface area contributed by atoms with Gasteiger partial charge >= 0.3 is 5.97 Å². The number of hydrogen-bond donors (Lipinski definition) is 1. The molecule has 1 N–H and O–H groups in total. The van der Waals surface area contributed by atoms with Crippen molar-refractivity contribution in [3.63, 3.8) is 0 Å². The summed E-state index contributed by atoms with van der Waals surface area (Å²) < 4.78 is 5.52. The van der Waals surface area contributed by atoms with Gasteiger partial charge in [0.15, 0.2) is 5.78 Å². The third-order valence-electron chi connectivity index (χ3n) is 4.17. The second-order valence-corrected chi connectivity index (χ2v) is 6.42. The Balaban J connectivity index is 1.81. The molecule has 0 spiro atoms. The first kappa shape index (κ1) is 18.2. The number of benzene rings is 1. The predicted octanol–water partition coefficient (Wildman–Crippen LogP) is 3.01. The van der Waals surface area contributed by atoms with Gasteiger partial charge in [-0.25, -0.2) is 0 Å². The van der Waals surface area contributed by atoms with Crippen LogP contribution in [0.4, 0.5) is 0 Å². The normalized spacial score (nSPS) is 18.1. The fourth-order valence-corrected chi connectivity index (χ4v) is 2.81. The third-order valence-corrected chi connectivity index (χ3v) is 4.17. The van der Waals surface area contributed by atoms with Crippen LogP contribution in [0.5, 0.6) is 5.75 Å². The lowest BCUT2D eigenvalue weighted by Crippen LogP contribution is -2.39. The van der Waals surface area contributed by atoms with E-state index in [0.29, 0.717) is 31.7 Å². The highest BCUT2D eigenvalue weighted by Gasteiger charge is 2.25. The summed E-state index contributed by atoms with van der Waals surface area (Å²) in [5, 5.41) is 9.10. The fraction of sp³-hybridized carbons (Fsp3) is 0.474. The van der Waals surface area contributed by atoms with Gasteiger partial charge in [0.2, 0.25) is 0 Å². The number of carbonyl (C=O) groups excluding carboxylic acids is 1. The SMILES string of the molecule is C=C(C)COc1ccc(C(=O)CCN2CCCC(C(=O)O)C2)cc1. The Kier molecular flexibility index (Phi) is 6.55. The largest absolute Gasteiger partial charge is 0.489 e. The minimum atomic E-state index is -0.739. The summed E-state index contributed by atoms with van der Waals surface area (Å²) >= 11 is 0. The van der Waals surface area contributed by atoms with Crippen LogP contribution in [0.25, 0.3) is 0 Å². The summed E-state index contributed by atoms with van der Waals surface area (Å²) in [6.45, 7) is 8.15. The zero-order chi connectivity index (χ0) is 17.5. The second-order valence-electron chi connectivity index (χ2n) is 6.42. The Morgan fingerprint density at radius 2 is 2.04 bits per heavy atom. The minimum Gasteiger partial charge on any atom is -0.489 e. The summed E-state index contributed by atoms with van der Waals surface area (Å²) in [7, 11) is 0. The molecule has 0 aromatic heterocycles. The lowest BCUT2D eigenvalue weighted by atomic mass is 9.98. The van der Waals surface area contributed by atoms with E-state index in [-0.39, 0.29) is 11.7 Å². The van der Waals surface area contributed by atoms with Crippen LogP contribution in [0.3, 0.4) is 0 Å². The Morgan fingerprint density at radius 3 is 2.67 bits per heavy atom. The lowest BCUT2D eigenvalue weighted by Gasteiger charge is -2.30. The zero-order valence-electron chi connectivity index (χ0n) is 14.2. The number of hydrogen-bond acceptors (Lipinski definition) is 4. The molecule has 0 aliphatic carbocycles. The highest BCUT2D eigenvalue weighted by Crippen LogP contribution is 2.18. The number of aliphatic carboxylic acids is 1. The molecule has 24 heavy (non-hydrogen) atoms. The van der Waals surface area contributed by atoms with Gasteiger partial charge < -0.3 is 14.7 Å². The van der Waals surface area contributed by atoms with Crippen molar-refractivity contribution in [3.05, 3.63) is 42.0 Å². The molecule has 1 aliphatic rings. The summed E-state index contributed by atoms with van der Waals surface area (Å²) in [5.74, 6) is -0.260. The summed E-state index contributed by atoms with van der Waals surface area (Å²) in [5.41, 5.74) is 1.60. The molecule has 1 aliphatic heterocycles. The molecule has 130 valence electrons. The van der Waals surface area contributed by atoms with Crippen molar-refractivity contribution < 1.29 is 19.4 Å². The van der Waals surface area contributed by atoms with E-state index in [1.165, 1.54) is 0 Å². The molecule has 1 heterocycles. The van der Waals surface area contributed by atoms with Gasteiger partial charge in [-0.1, -0.05) is 6.58 Å². The first-order chi connectivity index (χ1) is 11.5. The molecule has 2 rings (SSSR count). The average Bonchev–Trinajstić information content (AvgIpc) is 2.58. The van der Waals surface area contributed by atoms with Gasteiger partial charge in [-0.15, -0.1) is 0 Å². The molecular formula is C19H25NO4. The minimum absolute atomic E-state index is 0.0684. The van der Waals surface area contributed by atoms with E-state index in [9.17, 15) is 9.59 Å². The molecule has 1 saturated heterocycles. The number of nitrogens with zero attached hydrogens (tertiary/aromatic N) is 1. The standard InChI is InChI=1S/C19H25NO4/c1-14(2)13-24-17-7-5-15(6-8-17)18(21)9-11-20-10-3-4-16(12-20)19(22)23/h5-8,16H,1,3-4,9-13H2,2H3,(H,22,23). The van der Waals surface area contributed by atoms with E-state index in [2.05, 4.69) is 11.5 Å². The van der Waals surface area contributed by atoms with Crippen LogP contribution < -0.4 is 4.74 Å². The molecule has 1 aromatic rings. The molecule has 1 unspecified atom stereocenters. The number of carbonyl (C=O) groups is 2. The van der Waals surface area contributed by atoms with Crippen LogP contribution in [0.1, 0.15) is 36.5 Å². The summed E-state index contributed by atoms with van der Waals surface area (Å²) in [4.78, 5) is 25.4. The smallest absolute Gasteiger partial charge is 0.307 e. The Morgan fingerprint density at radius 1 is 1.33 bits per heavy atom. The number of ether oxygens (including phenoxy) is 1. The molecule has 0 saturated carbocycles. The lowest BCUT2D eigenvalue weighted by molar-refractivity contribution is -0.143. The van der Waals surface area contributed by atoms with E-state index < -0.39 is 5.97 Å². The molecule has 0 bridgehead atoms. The number of piperidine rings is 1. The third kappa shape index (κ3) is 5.49. The van der Waals surface area contributed by atoms with Crippen molar-refractivity contribution in [2.24, 2.45) is 5.92 Å². The van der Waals surface area contributed by atoms with Gasteiger partial charge in [0, 0.05) is 25.1 Å². The van der Waals surface area contributed by atoms with Crippen LogP contribution in [0, 0.1) is 5.92 Å². The number of ketones is 1. The molecule has 1 fully saturated rings. The van der Waals surface area contributed by atoms with E-state index >= 15 is 0 Å². The molecular weight excluding hydrogens is 306 g/mol. The molecule has 5 nitrogen and oxygen atoms in total. The highest BCUT2D eigenvalue weighted by atomic mass is 16.5. The van der Waals surface area contributed by atoms with E-state index in [1.54, 1.807) is 24.3 Å². The first-order valence-corrected chi connectivity index (χ1v) is 8.31. The van der Waals surface area contributed by atoms with Gasteiger partial charge in [0.1, 0.15) is 12.4 Å². The fourth-order valence-electron chi connectivity index (χ4n) is 2.81. The topological polar surface area (TPSA) is 66.8 Å². The Bertz CT molecular complexity index is 594. The van der Waals surface area contributed by atoms with Crippen molar-refractivity contribution >= 4 is 11.8 Å². The van der Waals surface area contributed by atoms with E-state index in [0.717, 1.165) is 30.7 Å². The van der Waals surface area contributed by atoms with Gasteiger partial charge in [0.25, 0.3) is 0 Å². The van der Waals surface area contributed by atoms with Crippen LogP contribution in [-0.4, -0.2) is 48.0 Å². The van der Waals surface area contributed by atoms with Crippen LogP contribution in [-0.2, 0) is 4.79 Å². The Hall–Kier alpha value is -2.14. The summed E-state index contributed by atoms with van der Waals surface area (Å²) in [6, 6.07) is 7.12. The number of carboxylic acids is 1. The van der Waals surface area contributed by atoms with Gasteiger partial charge in [0.05, 0.1) is 5.92 Å². The molecule has 1 aromatic carbocycles. The molecule has 0 radical (unpaired) electrons. The second kappa shape index (κ2) is 8.64. The number of rotatable bonds is 8. The number of likely N-dealkylation sites (tertiary alicyclic amines) is 1. The van der Waals surface area contributed by atoms with Gasteiger partial charge in [-0.3, -0.25) is 9.59 Å². The van der Waals surface area contributed by atoms with Crippen molar-refractivity contribution in [3.8, 4) is 5.75 Å². The van der Waals surface area contributed by atoms with Gasteiger partial charge in [-0.05, 0) is 56.1 Å². The number of carboxylic acid groups (broad SMARTS) is 1. The van der Waals surface area contributed by atoms with Crippen LogP contribution in [0.2, 0.25) is 0 Å². The van der Waals surface area contributed by atoms with Crippen molar-refractivity contribution in [2.45, 2.75) is 26.2 Å². The zero-order valence-corrected chi connectivity index (χ0v) is 14.2. The molecule has 0 amide bonds. The molecule has 1 atom stereocenters. The van der Waals surface area contributed by atoms with Gasteiger partial charge in [-0.2, -0.15) is 0 Å². The van der Waals surface area contributed by atoms with Crippen molar-refractivity contribution in [2.75, 3.05) is 26.2 Å². The maximum Gasteiger partial charge on any atom is 0.307 e. The van der Waals surface area contributed by atoms with Crippen LogP contribution >= 0.6 is 0 Å². The monoisotopic (exact) mass is 331 g/mol. The maximum absolute atomic E-state index is 12.3. The van der Waals surface area contributed by atoms with Crippen LogP contribution in [0.15, 0.2) is 36.4 Å². The van der Waals surface area contributed by atoms with Crippen molar-refractivity contribution in [1.82, 2.24) is 4.90 Å². The highest BCUT2D eigenvalue weighted by molar-refractivity contribution is 5.96. The van der Waals surface area contributed by atoms with E-state index in [4.69, 9.17) is 9.84 Å². The van der Waals surface area contributed by atoms with Crippen molar-refractivity contribution in [1.29, 1.82) is 0 Å². The molecule has 5 heteroatoms.